The molecule has 0 amide bonds. The van der Waals surface area contributed by atoms with Gasteiger partial charge in [-0.1, -0.05) is 25.3 Å². The minimum atomic E-state index is 0.546. The number of fused-ring (bicyclic) bond motifs is 1. The molecule has 118 valence electrons. The van der Waals surface area contributed by atoms with Crippen molar-refractivity contribution in [1.82, 2.24) is 14.4 Å². The summed E-state index contributed by atoms with van der Waals surface area (Å²) in [5.41, 5.74) is 4.35. The number of nitrogens with zero attached hydrogens (tertiary/aromatic N) is 3. The second kappa shape index (κ2) is 6.03. The Kier molecular flexibility index (Phi) is 3.74. The first-order valence-corrected chi connectivity index (χ1v) is 8.47. The third-order valence-corrected chi connectivity index (χ3v) is 4.74. The summed E-state index contributed by atoms with van der Waals surface area (Å²) in [5.74, 6) is 1.11. The fraction of sp³-hybridized carbons (Fsp3) is 0.368. The molecule has 1 aliphatic rings. The summed E-state index contributed by atoms with van der Waals surface area (Å²) in [5, 5.41) is 3.78. The van der Waals surface area contributed by atoms with Gasteiger partial charge in [0, 0.05) is 30.2 Å². The van der Waals surface area contributed by atoms with E-state index in [0.717, 1.165) is 22.7 Å². The van der Waals surface area contributed by atoms with Crippen LogP contribution in [-0.2, 0) is 0 Å². The van der Waals surface area contributed by atoms with Gasteiger partial charge in [0.1, 0.15) is 17.2 Å². The maximum atomic E-state index is 4.92. The summed E-state index contributed by atoms with van der Waals surface area (Å²) >= 11 is 0. The molecule has 1 aliphatic carbocycles. The molecule has 3 aromatic rings. The summed E-state index contributed by atoms with van der Waals surface area (Å²) in [4.78, 5) is 9.05. The number of nitrogens with one attached hydrogen (secondary N) is 1. The summed E-state index contributed by atoms with van der Waals surface area (Å²) in [6.45, 7) is 2.11. The van der Waals surface area contributed by atoms with E-state index in [-0.39, 0.29) is 0 Å². The Labute approximate surface area is 136 Å². The Balaban J connectivity index is 1.83. The zero-order valence-corrected chi connectivity index (χ0v) is 13.5. The van der Waals surface area contributed by atoms with Crippen molar-refractivity contribution in [3.05, 3.63) is 48.4 Å². The lowest BCUT2D eigenvalue weighted by Crippen LogP contribution is -2.23. The van der Waals surface area contributed by atoms with E-state index in [0.29, 0.717) is 6.04 Å². The number of aromatic nitrogens is 3. The first-order chi connectivity index (χ1) is 11.3. The summed E-state index contributed by atoms with van der Waals surface area (Å²) in [6, 6.07) is 8.81. The molecule has 0 saturated heterocycles. The van der Waals surface area contributed by atoms with Crippen molar-refractivity contribution in [2.24, 2.45) is 0 Å². The predicted octanol–water partition coefficient (Wildman–Crippen LogP) is 4.45. The van der Waals surface area contributed by atoms with Crippen LogP contribution in [0.25, 0.3) is 16.9 Å². The van der Waals surface area contributed by atoms with Crippen LogP contribution in [0.1, 0.15) is 37.7 Å². The molecular weight excluding hydrogens is 284 g/mol. The van der Waals surface area contributed by atoms with Gasteiger partial charge in [-0.25, -0.2) is 4.98 Å². The normalized spacial score (nSPS) is 15.9. The van der Waals surface area contributed by atoms with Crippen LogP contribution in [0, 0.1) is 6.92 Å². The van der Waals surface area contributed by atoms with E-state index in [4.69, 9.17) is 4.98 Å². The lowest BCUT2D eigenvalue weighted by molar-refractivity contribution is 0.462. The maximum Gasteiger partial charge on any atom is 0.142 e. The number of hydrogen-bond donors (Lipinski definition) is 1. The van der Waals surface area contributed by atoms with Crippen molar-refractivity contribution < 1.29 is 0 Å². The monoisotopic (exact) mass is 306 g/mol. The number of aryl methyl sites for hydroxylation is 1. The largest absolute Gasteiger partial charge is 0.367 e. The van der Waals surface area contributed by atoms with Gasteiger partial charge in [0.2, 0.25) is 0 Å². The van der Waals surface area contributed by atoms with Crippen molar-refractivity contribution in [3.63, 3.8) is 0 Å². The molecule has 0 aromatic carbocycles. The Hall–Kier alpha value is -2.36. The van der Waals surface area contributed by atoms with Crippen LogP contribution in [0.5, 0.6) is 0 Å². The summed E-state index contributed by atoms with van der Waals surface area (Å²) in [7, 11) is 0. The van der Waals surface area contributed by atoms with Gasteiger partial charge in [0.25, 0.3) is 0 Å². The highest BCUT2D eigenvalue weighted by Crippen LogP contribution is 2.31. The van der Waals surface area contributed by atoms with Gasteiger partial charge in [-0.3, -0.25) is 9.38 Å². The Morgan fingerprint density at radius 2 is 1.87 bits per heavy atom. The lowest BCUT2D eigenvalue weighted by atomic mass is 9.95. The number of rotatable bonds is 3. The van der Waals surface area contributed by atoms with Crippen LogP contribution < -0.4 is 5.32 Å². The van der Waals surface area contributed by atoms with E-state index in [2.05, 4.69) is 40.0 Å². The Morgan fingerprint density at radius 1 is 1.09 bits per heavy atom. The number of imidazole rings is 1. The van der Waals surface area contributed by atoms with E-state index < -0.39 is 0 Å². The van der Waals surface area contributed by atoms with Crippen molar-refractivity contribution in [2.45, 2.75) is 45.1 Å². The first-order valence-electron chi connectivity index (χ1n) is 8.47. The molecule has 0 aliphatic heterocycles. The van der Waals surface area contributed by atoms with Crippen LogP contribution in [0.4, 0.5) is 5.82 Å². The zero-order valence-electron chi connectivity index (χ0n) is 13.5. The van der Waals surface area contributed by atoms with Crippen molar-refractivity contribution >= 4 is 11.5 Å². The molecular formula is C19H22N4. The highest BCUT2D eigenvalue weighted by Gasteiger charge is 2.20. The fourth-order valence-corrected chi connectivity index (χ4v) is 3.49. The number of hydrogen-bond acceptors (Lipinski definition) is 3. The zero-order chi connectivity index (χ0) is 15.6. The van der Waals surface area contributed by atoms with Crippen molar-refractivity contribution in [2.75, 3.05) is 5.32 Å². The van der Waals surface area contributed by atoms with Gasteiger partial charge in [0.15, 0.2) is 0 Å². The molecule has 0 spiro atoms. The fourth-order valence-electron chi connectivity index (χ4n) is 3.49. The van der Waals surface area contributed by atoms with Crippen LogP contribution >= 0.6 is 0 Å². The third-order valence-electron chi connectivity index (χ3n) is 4.74. The van der Waals surface area contributed by atoms with E-state index in [1.165, 1.54) is 37.7 Å². The minimum absolute atomic E-state index is 0.546. The van der Waals surface area contributed by atoms with Crippen LogP contribution in [0.2, 0.25) is 0 Å². The van der Waals surface area contributed by atoms with Gasteiger partial charge in [-0.05, 0) is 43.5 Å². The standard InChI is InChI=1S/C19H22N4/c1-14-6-5-13-23-18(14)22-17(15-9-11-20-12-10-15)19(23)21-16-7-3-2-4-8-16/h5-6,9-13,16,21H,2-4,7-8H2,1H3. The molecule has 3 heterocycles. The van der Waals surface area contributed by atoms with E-state index >= 15 is 0 Å². The second-order valence-electron chi connectivity index (χ2n) is 6.41. The molecule has 4 nitrogen and oxygen atoms in total. The van der Waals surface area contributed by atoms with E-state index in [1.807, 2.05) is 24.5 Å². The van der Waals surface area contributed by atoms with Gasteiger partial charge < -0.3 is 5.32 Å². The average molecular weight is 306 g/mol. The van der Waals surface area contributed by atoms with Gasteiger partial charge in [-0.2, -0.15) is 0 Å². The molecule has 0 bridgehead atoms. The SMILES string of the molecule is Cc1cccn2c(NC3CCCCC3)c(-c3ccncc3)nc12. The maximum absolute atomic E-state index is 4.92. The van der Waals surface area contributed by atoms with Crippen molar-refractivity contribution in [3.8, 4) is 11.3 Å². The summed E-state index contributed by atoms with van der Waals surface area (Å²) < 4.78 is 2.19. The molecule has 1 fully saturated rings. The Morgan fingerprint density at radius 3 is 2.65 bits per heavy atom. The molecule has 1 N–H and O–H groups in total. The Bertz CT molecular complexity index is 801. The smallest absolute Gasteiger partial charge is 0.142 e. The third kappa shape index (κ3) is 2.69. The molecule has 0 unspecified atom stereocenters. The molecule has 0 radical (unpaired) electrons. The number of anilines is 1. The topological polar surface area (TPSA) is 42.2 Å². The second-order valence-corrected chi connectivity index (χ2v) is 6.41. The predicted molar refractivity (Wildman–Crippen MR) is 93.7 cm³/mol. The molecule has 0 atom stereocenters. The summed E-state index contributed by atoms with van der Waals surface area (Å²) in [6.07, 6.45) is 12.2. The first kappa shape index (κ1) is 14.2. The molecule has 3 aromatic heterocycles. The van der Waals surface area contributed by atoms with Crippen molar-refractivity contribution in [1.29, 1.82) is 0 Å². The van der Waals surface area contributed by atoms with Crippen LogP contribution in [0.15, 0.2) is 42.9 Å². The number of pyridine rings is 2. The highest BCUT2D eigenvalue weighted by molar-refractivity contribution is 5.77. The van der Waals surface area contributed by atoms with Gasteiger partial charge in [0.05, 0.1) is 0 Å². The minimum Gasteiger partial charge on any atom is -0.367 e. The average Bonchev–Trinajstić information content (AvgIpc) is 2.97. The van der Waals surface area contributed by atoms with Crippen LogP contribution in [0.3, 0.4) is 0 Å². The molecule has 23 heavy (non-hydrogen) atoms. The van der Waals surface area contributed by atoms with Gasteiger partial charge >= 0.3 is 0 Å². The quantitative estimate of drug-likeness (QED) is 0.777. The van der Waals surface area contributed by atoms with E-state index in [1.54, 1.807) is 0 Å². The highest BCUT2D eigenvalue weighted by atomic mass is 15.1. The molecule has 4 rings (SSSR count). The van der Waals surface area contributed by atoms with Gasteiger partial charge in [-0.15, -0.1) is 0 Å². The molecule has 1 saturated carbocycles. The lowest BCUT2D eigenvalue weighted by Gasteiger charge is -2.24. The van der Waals surface area contributed by atoms with E-state index in [9.17, 15) is 0 Å². The van der Waals surface area contributed by atoms with Crippen LogP contribution in [-0.4, -0.2) is 20.4 Å². The molecule has 4 heteroatoms.